The van der Waals surface area contributed by atoms with Crippen molar-refractivity contribution in [2.75, 3.05) is 13.7 Å². The first-order chi connectivity index (χ1) is 10.2. The predicted molar refractivity (Wildman–Crippen MR) is 83.3 cm³/mol. The highest BCUT2D eigenvalue weighted by molar-refractivity contribution is 5.84. The maximum Gasteiger partial charge on any atom is 0.166 e. The van der Waals surface area contributed by atoms with E-state index in [0.717, 1.165) is 5.56 Å². The van der Waals surface area contributed by atoms with Crippen LogP contribution in [0.4, 0.5) is 0 Å². The van der Waals surface area contributed by atoms with Crippen molar-refractivity contribution in [1.29, 1.82) is 0 Å². The van der Waals surface area contributed by atoms with Gasteiger partial charge in [0.05, 0.1) is 19.8 Å². The lowest BCUT2D eigenvalue weighted by Gasteiger charge is -2.10. The molecule has 2 aromatic carbocycles. The molecule has 0 aliphatic heterocycles. The molecule has 0 bridgehead atoms. The van der Waals surface area contributed by atoms with E-state index in [0.29, 0.717) is 17.7 Å². The van der Waals surface area contributed by atoms with Crippen LogP contribution in [0.3, 0.4) is 0 Å². The Labute approximate surface area is 124 Å². The van der Waals surface area contributed by atoms with E-state index in [4.69, 9.17) is 4.74 Å². The molecule has 0 saturated heterocycles. The van der Waals surface area contributed by atoms with Crippen molar-refractivity contribution >= 4 is 6.21 Å². The molecule has 21 heavy (non-hydrogen) atoms. The summed E-state index contributed by atoms with van der Waals surface area (Å²) in [7, 11) is 1.50. The number of phenolic OH excluding ortho intramolecular Hbond substituents is 1. The zero-order valence-corrected chi connectivity index (χ0v) is 11.9. The van der Waals surface area contributed by atoms with Crippen molar-refractivity contribution < 1.29 is 14.9 Å². The minimum absolute atomic E-state index is 0.0455. The van der Waals surface area contributed by atoms with E-state index in [1.54, 1.807) is 24.4 Å². The third-order valence-corrected chi connectivity index (χ3v) is 3.20. The standard InChI is InChI=1S/C17H19NO3/c1-21-16-9-5-8-14(17(16)20)11-18-15(12-19)10-13-6-3-2-4-7-13/h2-9,11,15,19-20H,10,12H2,1H3/t15-/m1/s1. The van der Waals surface area contributed by atoms with E-state index in [9.17, 15) is 10.2 Å². The minimum Gasteiger partial charge on any atom is -0.504 e. The van der Waals surface area contributed by atoms with Gasteiger partial charge in [-0.25, -0.2) is 0 Å². The number of benzene rings is 2. The second-order valence-corrected chi connectivity index (χ2v) is 4.70. The molecule has 0 amide bonds. The van der Waals surface area contributed by atoms with E-state index in [1.807, 2.05) is 30.3 Å². The Bertz CT molecular complexity index is 596. The molecule has 4 nitrogen and oxygen atoms in total. The highest BCUT2D eigenvalue weighted by Crippen LogP contribution is 2.28. The van der Waals surface area contributed by atoms with Crippen LogP contribution in [-0.2, 0) is 6.42 Å². The molecule has 2 aromatic rings. The van der Waals surface area contributed by atoms with Gasteiger partial charge in [-0.1, -0.05) is 36.4 Å². The Morgan fingerprint density at radius 3 is 2.57 bits per heavy atom. The molecular weight excluding hydrogens is 266 g/mol. The molecule has 0 aromatic heterocycles. The second kappa shape index (κ2) is 7.45. The monoisotopic (exact) mass is 285 g/mol. The molecule has 2 N–H and O–H groups in total. The van der Waals surface area contributed by atoms with Gasteiger partial charge in [-0.3, -0.25) is 4.99 Å². The molecule has 0 heterocycles. The van der Waals surface area contributed by atoms with Gasteiger partial charge in [-0.15, -0.1) is 0 Å². The third kappa shape index (κ3) is 4.07. The summed E-state index contributed by atoms with van der Waals surface area (Å²) in [6.45, 7) is -0.0455. The van der Waals surface area contributed by atoms with Crippen LogP contribution in [0.5, 0.6) is 11.5 Å². The van der Waals surface area contributed by atoms with Crippen LogP contribution in [0.25, 0.3) is 0 Å². The number of para-hydroxylation sites is 1. The van der Waals surface area contributed by atoms with Crippen molar-refractivity contribution in [3.05, 3.63) is 59.7 Å². The van der Waals surface area contributed by atoms with Gasteiger partial charge < -0.3 is 14.9 Å². The van der Waals surface area contributed by atoms with E-state index < -0.39 is 0 Å². The third-order valence-electron chi connectivity index (χ3n) is 3.20. The molecule has 0 unspecified atom stereocenters. The minimum atomic E-state index is -0.238. The average molecular weight is 285 g/mol. The first-order valence-electron chi connectivity index (χ1n) is 6.78. The number of aliphatic hydroxyl groups excluding tert-OH is 1. The summed E-state index contributed by atoms with van der Waals surface area (Å²) in [5, 5.41) is 19.4. The molecule has 4 heteroatoms. The number of aromatic hydroxyl groups is 1. The predicted octanol–water partition coefficient (Wildman–Crippen LogP) is 2.42. The summed E-state index contributed by atoms with van der Waals surface area (Å²) in [4.78, 5) is 4.35. The second-order valence-electron chi connectivity index (χ2n) is 4.70. The van der Waals surface area contributed by atoms with Crippen molar-refractivity contribution in [2.45, 2.75) is 12.5 Å². The summed E-state index contributed by atoms with van der Waals surface area (Å²) < 4.78 is 5.05. The van der Waals surface area contributed by atoms with Gasteiger partial charge in [0.1, 0.15) is 0 Å². The fraction of sp³-hybridized carbons (Fsp3) is 0.235. The first kappa shape index (κ1) is 15.1. The summed E-state index contributed by atoms with van der Waals surface area (Å²) >= 11 is 0. The number of ether oxygens (including phenoxy) is 1. The van der Waals surface area contributed by atoms with Crippen LogP contribution in [0, 0.1) is 0 Å². The first-order valence-corrected chi connectivity index (χ1v) is 6.78. The average Bonchev–Trinajstić information content (AvgIpc) is 2.53. The van der Waals surface area contributed by atoms with E-state index >= 15 is 0 Å². The number of methoxy groups -OCH3 is 1. The number of aliphatic hydroxyl groups is 1. The van der Waals surface area contributed by atoms with Gasteiger partial charge in [0.2, 0.25) is 0 Å². The molecule has 110 valence electrons. The van der Waals surface area contributed by atoms with Gasteiger partial charge in [-0.2, -0.15) is 0 Å². The van der Waals surface area contributed by atoms with Crippen LogP contribution >= 0.6 is 0 Å². The van der Waals surface area contributed by atoms with Crippen LogP contribution < -0.4 is 4.74 Å². The molecule has 1 atom stereocenters. The summed E-state index contributed by atoms with van der Waals surface area (Å²) in [5.74, 6) is 0.461. The Morgan fingerprint density at radius 2 is 1.90 bits per heavy atom. The quantitative estimate of drug-likeness (QED) is 0.801. The van der Waals surface area contributed by atoms with Crippen molar-refractivity contribution in [1.82, 2.24) is 0 Å². The number of aliphatic imine (C=N–C) groups is 1. The topological polar surface area (TPSA) is 62.0 Å². The summed E-state index contributed by atoms with van der Waals surface area (Å²) in [6.07, 6.45) is 2.22. The lowest BCUT2D eigenvalue weighted by molar-refractivity contribution is 0.266. The Kier molecular flexibility index (Phi) is 5.35. The van der Waals surface area contributed by atoms with Crippen molar-refractivity contribution in [2.24, 2.45) is 4.99 Å². The fourth-order valence-corrected chi connectivity index (χ4v) is 2.04. The van der Waals surface area contributed by atoms with Crippen molar-refractivity contribution in [3.8, 4) is 11.5 Å². The Balaban J connectivity index is 2.11. The van der Waals surface area contributed by atoms with Crippen LogP contribution in [0.15, 0.2) is 53.5 Å². The zero-order chi connectivity index (χ0) is 15.1. The van der Waals surface area contributed by atoms with Gasteiger partial charge in [0, 0.05) is 11.8 Å². The van der Waals surface area contributed by atoms with Gasteiger partial charge in [-0.05, 0) is 24.1 Å². The van der Waals surface area contributed by atoms with Gasteiger partial charge in [0.25, 0.3) is 0 Å². The number of rotatable bonds is 6. The van der Waals surface area contributed by atoms with Crippen LogP contribution in [0.2, 0.25) is 0 Å². The highest BCUT2D eigenvalue weighted by Gasteiger charge is 2.08. The molecule has 0 aliphatic carbocycles. The molecule has 0 saturated carbocycles. The largest absolute Gasteiger partial charge is 0.504 e. The van der Waals surface area contributed by atoms with E-state index in [1.165, 1.54) is 7.11 Å². The molecule has 2 rings (SSSR count). The fourth-order valence-electron chi connectivity index (χ4n) is 2.04. The maximum absolute atomic E-state index is 9.99. The normalized spacial score (nSPS) is 12.5. The number of nitrogens with zero attached hydrogens (tertiary/aromatic N) is 1. The van der Waals surface area contributed by atoms with Gasteiger partial charge in [0.15, 0.2) is 11.5 Å². The molecule has 0 aliphatic rings. The Hall–Kier alpha value is -2.33. The zero-order valence-electron chi connectivity index (χ0n) is 11.9. The molecule has 0 spiro atoms. The summed E-state index contributed by atoms with van der Waals surface area (Å²) in [6, 6.07) is 14.8. The Morgan fingerprint density at radius 1 is 1.14 bits per heavy atom. The van der Waals surface area contributed by atoms with Crippen molar-refractivity contribution in [3.63, 3.8) is 0 Å². The smallest absolute Gasteiger partial charge is 0.166 e. The van der Waals surface area contributed by atoms with Crippen LogP contribution in [0.1, 0.15) is 11.1 Å². The molecular formula is C17H19NO3. The van der Waals surface area contributed by atoms with Gasteiger partial charge >= 0.3 is 0 Å². The number of phenols is 1. The maximum atomic E-state index is 9.99. The number of hydrogen-bond acceptors (Lipinski definition) is 4. The number of hydrogen-bond donors (Lipinski definition) is 2. The van der Waals surface area contributed by atoms with Crippen LogP contribution in [-0.4, -0.2) is 36.2 Å². The SMILES string of the molecule is COc1cccc(C=N[C@@H](CO)Cc2ccccc2)c1O. The summed E-state index contributed by atoms with van der Waals surface area (Å²) in [5.41, 5.74) is 1.68. The lowest BCUT2D eigenvalue weighted by atomic mass is 10.1. The van der Waals surface area contributed by atoms with E-state index in [2.05, 4.69) is 4.99 Å². The lowest BCUT2D eigenvalue weighted by Crippen LogP contribution is -2.14. The molecule has 0 radical (unpaired) electrons. The van der Waals surface area contributed by atoms with E-state index in [-0.39, 0.29) is 18.4 Å². The highest BCUT2D eigenvalue weighted by atomic mass is 16.5. The molecule has 0 fully saturated rings.